The molecular formula is C10H7FO3. The minimum Gasteiger partial charge on any atom is -0.386 e. The van der Waals surface area contributed by atoms with Gasteiger partial charge >= 0.3 is 11.9 Å². The first-order chi connectivity index (χ1) is 6.63. The number of rotatable bonds is 2. The summed E-state index contributed by atoms with van der Waals surface area (Å²) < 4.78 is 16.8. The fourth-order valence-corrected chi connectivity index (χ4v) is 0.778. The second-order valence-electron chi connectivity index (χ2n) is 2.42. The van der Waals surface area contributed by atoms with Gasteiger partial charge in [0.15, 0.2) is 0 Å². The molecule has 1 aromatic carbocycles. The maximum atomic E-state index is 12.4. The van der Waals surface area contributed by atoms with Gasteiger partial charge in [-0.3, -0.25) is 0 Å². The Labute approximate surface area is 79.8 Å². The second kappa shape index (κ2) is 4.32. The van der Waals surface area contributed by atoms with Crippen LogP contribution in [0.2, 0.25) is 0 Å². The van der Waals surface area contributed by atoms with Gasteiger partial charge < -0.3 is 4.74 Å². The Morgan fingerprint density at radius 3 is 2.36 bits per heavy atom. The van der Waals surface area contributed by atoms with Gasteiger partial charge in [-0.1, -0.05) is 6.58 Å². The van der Waals surface area contributed by atoms with Gasteiger partial charge in [-0.25, -0.2) is 14.0 Å². The van der Waals surface area contributed by atoms with E-state index in [0.717, 1.165) is 18.2 Å². The van der Waals surface area contributed by atoms with Crippen LogP contribution in [0, 0.1) is 5.82 Å². The molecule has 0 aliphatic heterocycles. The van der Waals surface area contributed by atoms with Crippen molar-refractivity contribution in [2.75, 3.05) is 0 Å². The Morgan fingerprint density at radius 2 is 1.86 bits per heavy atom. The monoisotopic (exact) mass is 194 g/mol. The first-order valence-electron chi connectivity index (χ1n) is 3.77. The van der Waals surface area contributed by atoms with Crippen molar-refractivity contribution in [1.29, 1.82) is 0 Å². The molecular weight excluding hydrogens is 187 g/mol. The largest absolute Gasteiger partial charge is 0.386 e. The van der Waals surface area contributed by atoms with E-state index in [0.29, 0.717) is 0 Å². The highest BCUT2D eigenvalue weighted by atomic mass is 19.1. The third-order valence-electron chi connectivity index (χ3n) is 1.44. The highest BCUT2D eigenvalue weighted by Gasteiger charge is 2.09. The van der Waals surface area contributed by atoms with E-state index in [2.05, 4.69) is 11.3 Å². The smallest absolute Gasteiger partial charge is 0.346 e. The van der Waals surface area contributed by atoms with Crippen LogP contribution in [0.25, 0.3) is 0 Å². The molecule has 14 heavy (non-hydrogen) atoms. The summed E-state index contributed by atoms with van der Waals surface area (Å²) in [4.78, 5) is 21.7. The summed E-state index contributed by atoms with van der Waals surface area (Å²) in [6.45, 7) is 3.13. The number of hydrogen-bond donors (Lipinski definition) is 0. The summed E-state index contributed by atoms with van der Waals surface area (Å²) in [7, 11) is 0. The minimum atomic E-state index is -0.834. The highest BCUT2D eigenvalue weighted by molar-refractivity contribution is 5.99. The fourth-order valence-electron chi connectivity index (χ4n) is 0.778. The zero-order chi connectivity index (χ0) is 10.6. The van der Waals surface area contributed by atoms with Crippen LogP contribution in [0.1, 0.15) is 10.4 Å². The quantitative estimate of drug-likeness (QED) is 0.409. The average molecular weight is 194 g/mol. The molecule has 0 unspecified atom stereocenters. The predicted molar refractivity (Wildman–Crippen MR) is 47.0 cm³/mol. The van der Waals surface area contributed by atoms with Crippen molar-refractivity contribution in [2.24, 2.45) is 0 Å². The molecule has 0 radical (unpaired) electrons. The molecule has 0 aromatic heterocycles. The van der Waals surface area contributed by atoms with Crippen molar-refractivity contribution in [2.45, 2.75) is 0 Å². The molecule has 0 aliphatic carbocycles. The molecule has 0 atom stereocenters. The summed E-state index contributed by atoms with van der Waals surface area (Å²) in [5, 5.41) is 0. The fraction of sp³-hybridized carbons (Fsp3) is 0. The van der Waals surface area contributed by atoms with Gasteiger partial charge in [0, 0.05) is 6.08 Å². The Kier molecular flexibility index (Phi) is 3.12. The van der Waals surface area contributed by atoms with Crippen molar-refractivity contribution in [3.05, 3.63) is 48.3 Å². The zero-order valence-electron chi connectivity index (χ0n) is 7.20. The normalized spacial score (nSPS) is 9.21. The molecule has 0 saturated heterocycles. The molecule has 4 heteroatoms. The molecule has 1 aromatic rings. The van der Waals surface area contributed by atoms with E-state index in [4.69, 9.17) is 0 Å². The molecule has 0 heterocycles. The van der Waals surface area contributed by atoms with Crippen LogP contribution in [0.3, 0.4) is 0 Å². The van der Waals surface area contributed by atoms with Gasteiger partial charge in [0.05, 0.1) is 5.56 Å². The van der Waals surface area contributed by atoms with Gasteiger partial charge in [-0.15, -0.1) is 0 Å². The van der Waals surface area contributed by atoms with Crippen LogP contribution in [0.15, 0.2) is 36.9 Å². The number of esters is 2. The van der Waals surface area contributed by atoms with Crippen LogP contribution in [-0.4, -0.2) is 11.9 Å². The molecule has 72 valence electrons. The van der Waals surface area contributed by atoms with Gasteiger partial charge in [-0.2, -0.15) is 0 Å². The van der Waals surface area contributed by atoms with Gasteiger partial charge in [0.2, 0.25) is 0 Å². The van der Waals surface area contributed by atoms with E-state index in [9.17, 15) is 14.0 Å². The van der Waals surface area contributed by atoms with E-state index in [-0.39, 0.29) is 5.56 Å². The van der Waals surface area contributed by atoms with Crippen LogP contribution >= 0.6 is 0 Å². The lowest BCUT2D eigenvalue weighted by Crippen LogP contribution is -2.09. The van der Waals surface area contributed by atoms with E-state index >= 15 is 0 Å². The van der Waals surface area contributed by atoms with Crippen molar-refractivity contribution in [3.8, 4) is 0 Å². The maximum absolute atomic E-state index is 12.4. The Morgan fingerprint density at radius 1 is 1.29 bits per heavy atom. The number of halogens is 1. The number of carbonyl (C=O) groups excluding carboxylic acids is 2. The SMILES string of the molecule is C=CC(=O)OC(=O)c1ccc(F)cc1. The summed E-state index contributed by atoms with van der Waals surface area (Å²) in [6, 6.07) is 4.67. The lowest BCUT2D eigenvalue weighted by Gasteiger charge is -1.99. The van der Waals surface area contributed by atoms with Crippen molar-refractivity contribution in [3.63, 3.8) is 0 Å². The first kappa shape index (κ1) is 10.1. The van der Waals surface area contributed by atoms with Crippen molar-refractivity contribution < 1.29 is 18.7 Å². The molecule has 0 N–H and O–H groups in total. The minimum absolute atomic E-state index is 0.113. The van der Waals surface area contributed by atoms with Crippen molar-refractivity contribution >= 4 is 11.9 Å². The van der Waals surface area contributed by atoms with Crippen molar-refractivity contribution in [1.82, 2.24) is 0 Å². The molecule has 1 rings (SSSR count). The first-order valence-corrected chi connectivity index (χ1v) is 3.77. The topological polar surface area (TPSA) is 43.4 Å². The van der Waals surface area contributed by atoms with Crippen LogP contribution in [0.5, 0.6) is 0 Å². The average Bonchev–Trinajstić information content (AvgIpc) is 2.18. The van der Waals surface area contributed by atoms with E-state index in [1.165, 1.54) is 12.1 Å². The van der Waals surface area contributed by atoms with Gasteiger partial charge in [-0.05, 0) is 24.3 Å². The summed E-state index contributed by atoms with van der Waals surface area (Å²) in [5.41, 5.74) is 0.113. The van der Waals surface area contributed by atoms with Crippen LogP contribution < -0.4 is 0 Å². The molecule has 0 fully saturated rings. The lowest BCUT2D eigenvalue weighted by molar-refractivity contribution is -0.132. The number of ether oxygens (including phenoxy) is 1. The third kappa shape index (κ3) is 2.52. The van der Waals surface area contributed by atoms with Gasteiger partial charge in [0.25, 0.3) is 0 Å². The predicted octanol–water partition coefficient (Wildman–Crippen LogP) is 1.70. The molecule has 0 saturated carbocycles. The van der Waals surface area contributed by atoms with E-state index in [1.807, 2.05) is 0 Å². The Bertz CT molecular complexity index is 367. The highest BCUT2D eigenvalue weighted by Crippen LogP contribution is 2.04. The zero-order valence-corrected chi connectivity index (χ0v) is 7.20. The van der Waals surface area contributed by atoms with Crippen LogP contribution in [0.4, 0.5) is 4.39 Å². The number of carbonyl (C=O) groups is 2. The van der Waals surface area contributed by atoms with Gasteiger partial charge in [0.1, 0.15) is 5.82 Å². The Balaban J connectivity index is 2.75. The number of benzene rings is 1. The molecule has 3 nitrogen and oxygen atoms in total. The van der Waals surface area contributed by atoms with Crippen LogP contribution in [-0.2, 0) is 9.53 Å². The second-order valence-corrected chi connectivity index (χ2v) is 2.42. The molecule has 0 aliphatic rings. The van der Waals surface area contributed by atoms with E-state index in [1.54, 1.807) is 0 Å². The summed E-state index contributed by atoms with van der Waals surface area (Å²) in [6.07, 6.45) is 0.876. The molecule has 0 spiro atoms. The Hall–Kier alpha value is -1.97. The maximum Gasteiger partial charge on any atom is 0.346 e. The number of hydrogen-bond acceptors (Lipinski definition) is 3. The third-order valence-corrected chi connectivity index (χ3v) is 1.44. The summed E-state index contributed by atoms with van der Waals surface area (Å²) >= 11 is 0. The molecule has 0 amide bonds. The summed E-state index contributed by atoms with van der Waals surface area (Å²) in [5.74, 6) is -2.12. The van der Waals surface area contributed by atoms with E-state index < -0.39 is 17.8 Å². The molecule has 0 bridgehead atoms. The standard InChI is InChI=1S/C10H7FO3/c1-2-9(12)14-10(13)7-3-5-8(11)6-4-7/h2-6H,1H2. The lowest BCUT2D eigenvalue weighted by atomic mass is 10.2.